The highest BCUT2D eigenvalue weighted by atomic mass is 32.2. The summed E-state index contributed by atoms with van der Waals surface area (Å²) in [6.45, 7) is 4.71. The summed E-state index contributed by atoms with van der Waals surface area (Å²) in [5, 5.41) is 0. The zero-order valence-corrected chi connectivity index (χ0v) is 22.2. The second-order valence-corrected chi connectivity index (χ2v) is 11.9. The molecular weight excluding hydrogens is 503 g/mol. The first-order valence-corrected chi connectivity index (χ1v) is 14.6. The number of ether oxygens (including phenoxy) is 1. The van der Waals surface area contributed by atoms with Crippen molar-refractivity contribution in [3.63, 3.8) is 0 Å². The average molecular weight is 537 g/mol. The Bertz CT molecular complexity index is 1350. The van der Waals surface area contributed by atoms with Crippen LogP contribution in [-0.4, -0.2) is 62.3 Å². The zero-order valence-electron chi connectivity index (χ0n) is 21.4. The lowest BCUT2D eigenvalue weighted by Gasteiger charge is -2.26. The summed E-state index contributed by atoms with van der Waals surface area (Å²) in [6, 6.07) is 20.9. The Hall–Kier alpha value is -2.91. The second-order valence-electron chi connectivity index (χ2n) is 9.98. The monoisotopic (exact) mass is 536 g/mol. The van der Waals surface area contributed by atoms with E-state index in [2.05, 4.69) is 41.3 Å². The predicted molar refractivity (Wildman–Crippen MR) is 145 cm³/mol. The van der Waals surface area contributed by atoms with Crippen LogP contribution in [0.1, 0.15) is 30.4 Å². The summed E-state index contributed by atoms with van der Waals surface area (Å²) < 4.78 is 46.2. The van der Waals surface area contributed by atoms with Crippen molar-refractivity contribution in [3.05, 3.63) is 89.7 Å². The molecule has 0 spiro atoms. The van der Waals surface area contributed by atoms with E-state index in [1.54, 1.807) is 0 Å². The molecule has 0 unspecified atom stereocenters. The number of rotatable bonds is 9. The largest absolute Gasteiger partial charge is 0.379 e. The van der Waals surface area contributed by atoms with Gasteiger partial charge in [0, 0.05) is 32.6 Å². The fourth-order valence-corrected chi connectivity index (χ4v) is 6.93. The highest BCUT2D eigenvalue weighted by Gasteiger charge is 2.38. The van der Waals surface area contributed by atoms with Crippen molar-refractivity contribution in [3.8, 4) is 11.1 Å². The van der Waals surface area contributed by atoms with Gasteiger partial charge >= 0.3 is 0 Å². The van der Waals surface area contributed by atoms with Gasteiger partial charge in [-0.3, -0.25) is 9.69 Å². The van der Waals surface area contributed by atoms with Crippen LogP contribution >= 0.6 is 0 Å². The molecule has 0 bridgehead atoms. The minimum atomic E-state index is -3.85. The number of hydrogen-bond donors (Lipinski definition) is 0. The van der Waals surface area contributed by atoms with E-state index in [4.69, 9.17) is 4.74 Å². The van der Waals surface area contributed by atoms with Gasteiger partial charge in [0.15, 0.2) is 5.78 Å². The summed E-state index contributed by atoms with van der Waals surface area (Å²) in [4.78, 5) is 15.6. The number of benzene rings is 3. The Morgan fingerprint density at radius 3 is 2.37 bits per heavy atom. The van der Waals surface area contributed by atoms with E-state index in [0.717, 1.165) is 61.7 Å². The molecule has 0 amide bonds. The molecule has 2 fully saturated rings. The molecule has 8 heteroatoms. The summed E-state index contributed by atoms with van der Waals surface area (Å²) in [5.74, 6) is -0.574. The number of halogens is 1. The van der Waals surface area contributed by atoms with Gasteiger partial charge in [-0.05, 0) is 65.8 Å². The van der Waals surface area contributed by atoms with Gasteiger partial charge in [-0.1, -0.05) is 48.5 Å². The molecule has 0 aliphatic carbocycles. The molecule has 0 saturated carbocycles. The first-order valence-electron chi connectivity index (χ1n) is 13.2. The van der Waals surface area contributed by atoms with Crippen molar-refractivity contribution < 1.29 is 22.3 Å². The zero-order chi connectivity index (χ0) is 26.5. The van der Waals surface area contributed by atoms with Crippen LogP contribution in [0.2, 0.25) is 0 Å². The van der Waals surface area contributed by atoms with Crippen LogP contribution in [0.15, 0.2) is 77.7 Å². The first-order chi connectivity index (χ1) is 18.4. The van der Waals surface area contributed by atoms with Gasteiger partial charge in [0.05, 0.1) is 24.2 Å². The van der Waals surface area contributed by atoms with E-state index in [1.165, 1.54) is 22.0 Å². The minimum Gasteiger partial charge on any atom is -0.379 e. The summed E-state index contributed by atoms with van der Waals surface area (Å²) in [6.07, 6.45) is 1.95. The molecular formula is C30H33FN2O4S. The standard InChI is InChI=1S/C30H33FN2O4S/c31-27-11-13-28(14-12-27)38(35,36)33-16-2-5-29(33)30(34)15-8-23-3-1-4-26(21-23)25-9-6-24(7-10-25)22-32-17-19-37-20-18-32/h1,3-4,6-7,9-14,21,29H,2,5,8,15-20,22H2/t29-/m0/s1. The summed E-state index contributed by atoms with van der Waals surface area (Å²) >= 11 is 0. The van der Waals surface area contributed by atoms with E-state index in [9.17, 15) is 17.6 Å². The molecule has 0 N–H and O–H groups in total. The summed E-state index contributed by atoms with van der Waals surface area (Å²) in [7, 11) is -3.85. The third-order valence-electron chi connectivity index (χ3n) is 7.38. The van der Waals surface area contributed by atoms with E-state index in [-0.39, 0.29) is 17.1 Å². The van der Waals surface area contributed by atoms with Crippen molar-refractivity contribution in [1.29, 1.82) is 0 Å². The molecule has 0 aromatic heterocycles. The molecule has 2 aliphatic rings. The molecule has 3 aromatic rings. The molecule has 2 saturated heterocycles. The fourth-order valence-electron chi connectivity index (χ4n) is 5.25. The number of carbonyl (C=O) groups excluding carboxylic acids is 1. The molecule has 6 nitrogen and oxygen atoms in total. The maximum absolute atomic E-state index is 13.3. The van der Waals surface area contributed by atoms with Gasteiger partial charge in [-0.25, -0.2) is 12.8 Å². The molecule has 38 heavy (non-hydrogen) atoms. The Balaban J connectivity index is 1.21. The van der Waals surface area contributed by atoms with Crippen molar-refractivity contribution in [2.75, 3.05) is 32.8 Å². The Morgan fingerprint density at radius 1 is 0.895 bits per heavy atom. The highest BCUT2D eigenvalue weighted by molar-refractivity contribution is 7.89. The fraction of sp³-hybridized carbons (Fsp3) is 0.367. The summed E-state index contributed by atoms with van der Waals surface area (Å²) in [5.41, 5.74) is 4.53. The van der Waals surface area contributed by atoms with Crippen LogP contribution in [0, 0.1) is 5.82 Å². The number of nitrogens with zero attached hydrogens (tertiary/aromatic N) is 2. The topological polar surface area (TPSA) is 66.9 Å². The van der Waals surface area contributed by atoms with Crippen molar-refractivity contribution in [2.24, 2.45) is 0 Å². The van der Waals surface area contributed by atoms with Crippen LogP contribution in [0.3, 0.4) is 0 Å². The van der Waals surface area contributed by atoms with E-state index in [1.807, 2.05) is 12.1 Å². The molecule has 1 atom stereocenters. The van der Waals surface area contributed by atoms with Crippen LogP contribution in [-0.2, 0) is 32.5 Å². The Morgan fingerprint density at radius 2 is 1.63 bits per heavy atom. The average Bonchev–Trinajstić information content (AvgIpc) is 3.45. The van der Waals surface area contributed by atoms with Crippen molar-refractivity contribution in [1.82, 2.24) is 9.21 Å². The number of Topliss-reactive ketones (excluding diaryl/α,β-unsaturated/α-hetero) is 1. The normalized spacial score (nSPS) is 19.0. The lowest BCUT2D eigenvalue weighted by Crippen LogP contribution is -2.40. The van der Waals surface area contributed by atoms with Crippen LogP contribution < -0.4 is 0 Å². The Kier molecular flexibility index (Phi) is 8.33. The van der Waals surface area contributed by atoms with Gasteiger partial charge in [0.25, 0.3) is 0 Å². The van der Waals surface area contributed by atoms with Gasteiger partial charge < -0.3 is 4.74 Å². The number of carbonyl (C=O) groups is 1. The first kappa shape index (κ1) is 26.7. The van der Waals surface area contributed by atoms with Gasteiger partial charge in [0.2, 0.25) is 10.0 Å². The molecule has 200 valence electrons. The molecule has 2 heterocycles. The lowest BCUT2D eigenvalue weighted by atomic mass is 9.98. The highest BCUT2D eigenvalue weighted by Crippen LogP contribution is 2.28. The third-order valence-corrected chi connectivity index (χ3v) is 9.30. The molecule has 2 aliphatic heterocycles. The number of morpholine rings is 1. The lowest BCUT2D eigenvalue weighted by molar-refractivity contribution is -0.122. The second kappa shape index (κ2) is 11.9. The molecule has 3 aromatic carbocycles. The van der Waals surface area contributed by atoms with Gasteiger partial charge in [-0.15, -0.1) is 0 Å². The van der Waals surface area contributed by atoms with Crippen LogP contribution in [0.5, 0.6) is 0 Å². The molecule has 0 radical (unpaired) electrons. The van der Waals surface area contributed by atoms with Crippen LogP contribution in [0.4, 0.5) is 4.39 Å². The van der Waals surface area contributed by atoms with E-state index < -0.39 is 21.9 Å². The SMILES string of the molecule is O=C(CCc1cccc(-c2ccc(CN3CCOCC3)cc2)c1)[C@@H]1CCCN1S(=O)(=O)c1ccc(F)cc1. The van der Waals surface area contributed by atoms with Gasteiger partial charge in [0.1, 0.15) is 5.82 Å². The Labute approximate surface area is 224 Å². The quantitative estimate of drug-likeness (QED) is 0.397. The predicted octanol–water partition coefficient (Wildman–Crippen LogP) is 4.68. The van der Waals surface area contributed by atoms with E-state index >= 15 is 0 Å². The van der Waals surface area contributed by atoms with Crippen molar-refractivity contribution >= 4 is 15.8 Å². The van der Waals surface area contributed by atoms with Crippen molar-refractivity contribution in [2.45, 2.75) is 43.2 Å². The third kappa shape index (κ3) is 6.21. The maximum atomic E-state index is 13.3. The number of ketones is 1. The minimum absolute atomic E-state index is 0.0160. The van der Waals surface area contributed by atoms with Crippen LogP contribution in [0.25, 0.3) is 11.1 Å². The van der Waals surface area contributed by atoms with Gasteiger partial charge in [-0.2, -0.15) is 4.31 Å². The number of hydrogen-bond acceptors (Lipinski definition) is 5. The molecule has 5 rings (SSSR count). The number of sulfonamides is 1. The smallest absolute Gasteiger partial charge is 0.243 e. The maximum Gasteiger partial charge on any atom is 0.243 e. The van der Waals surface area contributed by atoms with E-state index in [0.29, 0.717) is 25.8 Å². The number of aryl methyl sites for hydroxylation is 1.